The van der Waals surface area contributed by atoms with Crippen LogP contribution in [-0.2, 0) is 0 Å². The lowest BCUT2D eigenvalue weighted by Gasteiger charge is -2.11. The summed E-state index contributed by atoms with van der Waals surface area (Å²) in [6, 6.07) is 0. The Morgan fingerprint density at radius 3 is 1.29 bits per heavy atom. The minimum atomic E-state index is -4.43. The Morgan fingerprint density at radius 1 is 0.750 bits per heavy atom. The van der Waals surface area contributed by atoms with Crippen molar-refractivity contribution in [1.29, 1.82) is 0 Å². The summed E-state index contributed by atoms with van der Waals surface area (Å²) in [6.07, 6.45) is -8.85. The van der Waals surface area contributed by atoms with Crippen LogP contribution in [0, 0.1) is 0 Å². The fraction of sp³-hybridized carbons (Fsp3) is 0.600. The number of rotatable bonds is 5. The third-order valence-corrected chi connectivity index (χ3v) is 2.54. The van der Waals surface area contributed by atoms with Crippen LogP contribution in [0.15, 0.2) is 10.2 Å². The summed E-state index contributed by atoms with van der Waals surface area (Å²) in [4.78, 5) is 0. The number of nitrogens with one attached hydrogen (secondary N) is 4. The van der Waals surface area contributed by atoms with Crippen LogP contribution in [0.2, 0.25) is 0 Å². The first-order chi connectivity index (χ1) is 10.8. The molecule has 0 bridgehead atoms. The predicted octanol–water partition coefficient (Wildman–Crippen LogP) is 1.79. The first-order valence-corrected chi connectivity index (χ1v) is 6.92. The maximum absolute atomic E-state index is 12.0. The maximum Gasteiger partial charge on any atom is 0.405 e. The quantitative estimate of drug-likeness (QED) is 0.246. The van der Waals surface area contributed by atoms with Crippen molar-refractivity contribution in [2.45, 2.75) is 26.2 Å². The van der Waals surface area contributed by atoms with Crippen LogP contribution in [0.25, 0.3) is 0 Å². The van der Waals surface area contributed by atoms with Gasteiger partial charge in [0.2, 0.25) is 0 Å². The van der Waals surface area contributed by atoms with E-state index in [1.54, 1.807) is 0 Å². The third-order valence-electron chi connectivity index (χ3n) is 2.07. The molecule has 0 radical (unpaired) electrons. The van der Waals surface area contributed by atoms with Crippen LogP contribution in [0.5, 0.6) is 0 Å². The van der Waals surface area contributed by atoms with Crippen LogP contribution >= 0.6 is 24.4 Å². The SMILES string of the molecule is CC(=N\NC(=S)NCC(F)(F)F)/C(C)=N/NC(=S)NCC(F)(F)F. The molecule has 0 rings (SSSR count). The number of hydrazone groups is 2. The molecule has 24 heavy (non-hydrogen) atoms. The van der Waals surface area contributed by atoms with Gasteiger partial charge in [0.1, 0.15) is 13.1 Å². The lowest BCUT2D eigenvalue weighted by molar-refractivity contribution is -0.122. The van der Waals surface area contributed by atoms with E-state index in [1.165, 1.54) is 13.8 Å². The topological polar surface area (TPSA) is 72.8 Å². The molecule has 0 amide bonds. The van der Waals surface area contributed by atoms with Crippen LogP contribution in [0.3, 0.4) is 0 Å². The summed E-state index contributed by atoms with van der Waals surface area (Å²) in [5.41, 5.74) is 4.78. The molecule has 0 aromatic carbocycles. The summed E-state index contributed by atoms with van der Waals surface area (Å²) >= 11 is 9.16. The first kappa shape index (κ1) is 22.3. The van der Waals surface area contributed by atoms with Crippen molar-refractivity contribution in [3.05, 3.63) is 0 Å². The van der Waals surface area contributed by atoms with E-state index in [0.717, 1.165) is 0 Å². The second-order valence-electron chi connectivity index (χ2n) is 4.21. The van der Waals surface area contributed by atoms with Crippen LogP contribution < -0.4 is 21.5 Å². The average Bonchev–Trinajstić information content (AvgIpc) is 2.44. The molecule has 0 aliphatic heterocycles. The highest BCUT2D eigenvalue weighted by Gasteiger charge is 2.27. The van der Waals surface area contributed by atoms with E-state index >= 15 is 0 Å². The van der Waals surface area contributed by atoms with Crippen LogP contribution in [-0.4, -0.2) is 47.1 Å². The Hall–Kier alpha value is -1.70. The summed E-state index contributed by atoms with van der Waals surface area (Å²) in [6.45, 7) is 0.264. The van der Waals surface area contributed by atoms with E-state index in [1.807, 2.05) is 10.6 Å². The molecule has 0 aromatic rings. The number of hydrogen-bond acceptors (Lipinski definition) is 4. The zero-order valence-electron chi connectivity index (χ0n) is 12.4. The lowest BCUT2D eigenvalue weighted by atomic mass is 10.3. The molecule has 14 heteroatoms. The van der Waals surface area contributed by atoms with Gasteiger partial charge in [-0.1, -0.05) is 0 Å². The van der Waals surface area contributed by atoms with Crippen molar-refractivity contribution in [3.8, 4) is 0 Å². The zero-order valence-corrected chi connectivity index (χ0v) is 14.0. The minimum Gasteiger partial charge on any atom is -0.352 e. The highest BCUT2D eigenvalue weighted by Crippen LogP contribution is 2.12. The monoisotopic (exact) mass is 396 g/mol. The van der Waals surface area contributed by atoms with Gasteiger partial charge in [0.15, 0.2) is 10.2 Å². The van der Waals surface area contributed by atoms with Crippen molar-refractivity contribution in [3.63, 3.8) is 0 Å². The highest BCUT2D eigenvalue weighted by atomic mass is 32.1. The van der Waals surface area contributed by atoms with E-state index in [9.17, 15) is 26.3 Å². The van der Waals surface area contributed by atoms with Crippen molar-refractivity contribution in [1.82, 2.24) is 21.5 Å². The fourth-order valence-electron chi connectivity index (χ4n) is 0.871. The van der Waals surface area contributed by atoms with Gasteiger partial charge in [0, 0.05) is 0 Å². The molecule has 0 saturated heterocycles. The van der Waals surface area contributed by atoms with Crippen molar-refractivity contribution >= 4 is 46.1 Å². The molecule has 0 heterocycles. The van der Waals surface area contributed by atoms with Gasteiger partial charge in [0.05, 0.1) is 11.4 Å². The largest absolute Gasteiger partial charge is 0.405 e. The van der Waals surface area contributed by atoms with Gasteiger partial charge < -0.3 is 10.6 Å². The Labute approximate surface area is 144 Å². The van der Waals surface area contributed by atoms with E-state index < -0.39 is 25.4 Å². The van der Waals surface area contributed by atoms with Crippen LogP contribution in [0.1, 0.15) is 13.8 Å². The molecular weight excluding hydrogens is 382 g/mol. The average molecular weight is 396 g/mol. The third kappa shape index (κ3) is 12.8. The molecule has 0 unspecified atom stereocenters. The number of nitrogens with zero attached hydrogens (tertiary/aromatic N) is 2. The molecule has 138 valence electrons. The van der Waals surface area contributed by atoms with Gasteiger partial charge in [0.25, 0.3) is 0 Å². The molecular formula is C10H14F6N6S2. The summed E-state index contributed by atoms with van der Waals surface area (Å²) < 4.78 is 71.7. The van der Waals surface area contributed by atoms with E-state index in [0.29, 0.717) is 0 Å². The van der Waals surface area contributed by atoms with Crippen molar-refractivity contribution < 1.29 is 26.3 Å². The summed E-state index contributed by atoms with van der Waals surface area (Å²) in [5.74, 6) is 0. The molecule has 6 nitrogen and oxygen atoms in total. The van der Waals surface area contributed by atoms with Gasteiger partial charge >= 0.3 is 12.4 Å². The fourth-order valence-corrected chi connectivity index (χ4v) is 1.11. The van der Waals surface area contributed by atoms with E-state index in [-0.39, 0.29) is 21.6 Å². The zero-order chi connectivity index (χ0) is 19.0. The van der Waals surface area contributed by atoms with E-state index in [2.05, 4.69) is 45.5 Å². The molecule has 4 N–H and O–H groups in total. The Morgan fingerprint density at radius 2 is 1.04 bits per heavy atom. The smallest absolute Gasteiger partial charge is 0.352 e. The molecule has 0 aliphatic carbocycles. The standard InChI is InChI=1S/C10H14F6N6S2/c1-5(19-21-7(23)17-3-9(11,12)13)6(2)20-22-8(24)18-4-10(14,15)16/h3-4H2,1-2H3,(H2,17,21,23)(H2,18,22,24)/b19-5+,20-6+. The molecule has 0 fully saturated rings. The Balaban J connectivity index is 4.35. The number of thiocarbonyl (C=S) groups is 2. The van der Waals surface area contributed by atoms with Gasteiger partial charge in [-0.25, -0.2) is 0 Å². The predicted molar refractivity (Wildman–Crippen MR) is 85.8 cm³/mol. The van der Waals surface area contributed by atoms with Gasteiger partial charge in [-0.15, -0.1) is 0 Å². The van der Waals surface area contributed by atoms with Crippen LogP contribution in [0.4, 0.5) is 26.3 Å². The maximum atomic E-state index is 12.0. The van der Waals surface area contributed by atoms with Gasteiger partial charge in [-0.05, 0) is 38.3 Å². The number of halogens is 6. The molecule has 0 spiro atoms. The second kappa shape index (κ2) is 9.56. The molecule has 0 atom stereocenters. The second-order valence-corrected chi connectivity index (χ2v) is 5.03. The molecule has 0 saturated carbocycles. The minimum absolute atomic E-state index is 0.220. The van der Waals surface area contributed by atoms with Crippen molar-refractivity contribution in [2.75, 3.05) is 13.1 Å². The summed E-state index contributed by atoms with van der Waals surface area (Å²) in [5, 5.41) is 10.4. The number of alkyl halides is 6. The Bertz CT molecular complexity index is 467. The summed E-state index contributed by atoms with van der Waals surface area (Å²) in [7, 11) is 0. The van der Waals surface area contributed by atoms with E-state index in [4.69, 9.17) is 0 Å². The van der Waals surface area contributed by atoms with Gasteiger partial charge in [-0.2, -0.15) is 36.5 Å². The van der Waals surface area contributed by atoms with Gasteiger partial charge in [-0.3, -0.25) is 10.9 Å². The van der Waals surface area contributed by atoms with Crippen molar-refractivity contribution in [2.24, 2.45) is 10.2 Å². The molecule has 0 aliphatic rings. The highest BCUT2D eigenvalue weighted by molar-refractivity contribution is 7.80. The Kier molecular flexibility index (Phi) is 8.88. The lowest BCUT2D eigenvalue weighted by Crippen LogP contribution is -2.39. The molecule has 0 aromatic heterocycles. The normalized spacial score (nSPS) is 13.3. The first-order valence-electron chi connectivity index (χ1n) is 6.10. The number of hydrogen-bond donors (Lipinski definition) is 4.